The van der Waals surface area contributed by atoms with Gasteiger partial charge in [0.15, 0.2) is 5.76 Å². The molecule has 0 amide bonds. The molecular weight excluding hydrogens is 339 g/mol. The highest BCUT2D eigenvalue weighted by atomic mass is 79.9. The molecule has 3 rings (SSSR count). The monoisotopic (exact) mass is 348 g/mol. The molecule has 5 heteroatoms. The van der Waals surface area contributed by atoms with Crippen LogP contribution in [-0.4, -0.2) is 12.9 Å². The summed E-state index contributed by atoms with van der Waals surface area (Å²) >= 11 is 3.07. The molecule has 0 unspecified atom stereocenters. The first-order valence-electron chi connectivity index (χ1n) is 6.16. The van der Waals surface area contributed by atoms with Crippen LogP contribution in [0.5, 0.6) is 5.75 Å². The molecule has 0 radical (unpaired) electrons. The van der Waals surface area contributed by atoms with E-state index >= 15 is 0 Å². The van der Waals surface area contributed by atoms with Crippen molar-refractivity contribution in [3.63, 3.8) is 0 Å². The molecule has 1 heterocycles. The second kappa shape index (κ2) is 5.33. The maximum Gasteiger partial charge on any atom is 0.228 e. The van der Waals surface area contributed by atoms with E-state index in [0.29, 0.717) is 16.9 Å². The third-order valence-corrected chi connectivity index (χ3v) is 3.74. The lowest BCUT2D eigenvalue weighted by atomic mass is 10.1. The van der Waals surface area contributed by atoms with E-state index < -0.39 is 5.82 Å². The fourth-order valence-corrected chi connectivity index (χ4v) is 2.41. The summed E-state index contributed by atoms with van der Waals surface area (Å²) in [5, 5.41) is 0.806. The lowest BCUT2D eigenvalue weighted by Crippen LogP contribution is -1.99. The normalized spacial score (nSPS) is 10.8. The van der Waals surface area contributed by atoms with Crippen molar-refractivity contribution in [2.45, 2.75) is 0 Å². The Hall–Kier alpha value is -2.14. The zero-order valence-electron chi connectivity index (χ0n) is 11.0. The molecule has 0 fully saturated rings. The van der Waals surface area contributed by atoms with Crippen LogP contribution in [0.1, 0.15) is 16.1 Å². The number of hydrogen-bond donors (Lipinski definition) is 0. The topological polar surface area (TPSA) is 39.4 Å². The van der Waals surface area contributed by atoms with Crippen molar-refractivity contribution in [2.75, 3.05) is 7.11 Å². The smallest absolute Gasteiger partial charge is 0.228 e. The number of hydrogen-bond acceptors (Lipinski definition) is 3. The molecule has 0 aliphatic heterocycles. The Balaban J connectivity index is 2.02. The molecule has 0 saturated carbocycles. The molecule has 3 nitrogen and oxygen atoms in total. The highest BCUT2D eigenvalue weighted by Crippen LogP contribution is 2.26. The number of methoxy groups -OCH3 is 1. The predicted molar refractivity (Wildman–Crippen MR) is 80.3 cm³/mol. The van der Waals surface area contributed by atoms with Gasteiger partial charge >= 0.3 is 0 Å². The first-order chi connectivity index (χ1) is 10.1. The molecule has 3 aromatic rings. The van der Waals surface area contributed by atoms with Crippen LogP contribution in [0.2, 0.25) is 0 Å². The van der Waals surface area contributed by atoms with E-state index in [1.807, 2.05) is 6.07 Å². The largest absolute Gasteiger partial charge is 0.497 e. The van der Waals surface area contributed by atoms with Gasteiger partial charge in [-0.3, -0.25) is 4.79 Å². The Morgan fingerprint density at radius 1 is 1.19 bits per heavy atom. The number of fused-ring (bicyclic) bond motifs is 1. The van der Waals surface area contributed by atoms with Gasteiger partial charge in [-0.25, -0.2) is 4.39 Å². The van der Waals surface area contributed by atoms with E-state index in [1.165, 1.54) is 18.2 Å². The van der Waals surface area contributed by atoms with Crippen molar-refractivity contribution in [1.29, 1.82) is 0 Å². The van der Waals surface area contributed by atoms with Gasteiger partial charge in [0.1, 0.15) is 17.1 Å². The highest BCUT2D eigenvalue weighted by molar-refractivity contribution is 9.10. The van der Waals surface area contributed by atoms with Gasteiger partial charge in [0.25, 0.3) is 0 Å². The van der Waals surface area contributed by atoms with Gasteiger partial charge in [-0.2, -0.15) is 0 Å². The lowest BCUT2D eigenvalue weighted by molar-refractivity contribution is 0.101. The van der Waals surface area contributed by atoms with Gasteiger partial charge in [-0.15, -0.1) is 0 Å². The molecule has 0 aliphatic carbocycles. The van der Waals surface area contributed by atoms with Gasteiger partial charge in [0.05, 0.1) is 11.6 Å². The predicted octanol–water partition coefficient (Wildman–Crippen LogP) is 4.57. The molecule has 1 aromatic heterocycles. The number of furan rings is 1. The minimum Gasteiger partial charge on any atom is -0.497 e. The van der Waals surface area contributed by atoms with Gasteiger partial charge in [-0.05, 0) is 52.3 Å². The van der Waals surface area contributed by atoms with Crippen LogP contribution < -0.4 is 4.74 Å². The molecule has 106 valence electrons. The summed E-state index contributed by atoms with van der Waals surface area (Å²) in [6, 6.07) is 11.1. The number of carbonyl (C=O) groups excluding carboxylic acids is 1. The summed E-state index contributed by atoms with van der Waals surface area (Å²) in [7, 11) is 1.56. The minimum atomic E-state index is -0.416. The number of ether oxygens (including phenoxy) is 1. The number of halogens is 2. The average molecular weight is 349 g/mol. The quantitative estimate of drug-likeness (QED) is 0.650. The van der Waals surface area contributed by atoms with Gasteiger partial charge < -0.3 is 9.15 Å². The molecule has 21 heavy (non-hydrogen) atoms. The first-order valence-corrected chi connectivity index (χ1v) is 6.95. The van der Waals surface area contributed by atoms with Gasteiger partial charge in [0, 0.05) is 17.0 Å². The molecule has 0 atom stereocenters. The van der Waals surface area contributed by atoms with Gasteiger partial charge in [-0.1, -0.05) is 0 Å². The first kappa shape index (κ1) is 13.8. The second-order valence-electron chi connectivity index (χ2n) is 4.47. The maximum atomic E-state index is 13.2. The fraction of sp³-hybridized carbons (Fsp3) is 0.0625. The van der Waals surface area contributed by atoms with E-state index in [-0.39, 0.29) is 16.0 Å². The summed E-state index contributed by atoms with van der Waals surface area (Å²) in [5.74, 6) is 0.142. The zero-order chi connectivity index (χ0) is 15.0. The van der Waals surface area contributed by atoms with Gasteiger partial charge in [0.2, 0.25) is 5.78 Å². The second-order valence-corrected chi connectivity index (χ2v) is 5.33. The minimum absolute atomic E-state index is 0.205. The van der Waals surface area contributed by atoms with Crippen LogP contribution in [0.4, 0.5) is 4.39 Å². The summed E-state index contributed by atoms with van der Waals surface area (Å²) < 4.78 is 24.1. The van der Waals surface area contributed by atoms with Crippen molar-refractivity contribution in [3.8, 4) is 5.75 Å². The van der Waals surface area contributed by atoms with E-state index in [0.717, 1.165) is 5.39 Å². The Labute approximate surface area is 128 Å². The number of benzene rings is 2. The van der Waals surface area contributed by atoms with Crippen molar-refractivity contribution < 1.29 is 18.3 Å². The summed E-state index contributed by atoms with van der Waals surface area (Å²) in [4.78, 5) is 12.4. The summed E-state index contributed by atoms with van der Waals surface area (Å²) in [6.45, 7) is 0. The van der Waals surface area contributed by atoms with E-state index in [2.05, 4.69) is 15.9 Å². The molecule has 0 N–H and O–H groups in total. The lowest BCUT2D eigenvalue weighted by Gasteiger charge is -1.99. The SMILES string of the molecule is COc1ccc2cc(C(=O)c3ccc(F)c(Br)c3)oc2c1. The molecule has 0 spiro atoms. The van der Waals surface area contributed by atoms with Crippen LogP contribution in [0.15, 0.2) is 51.4 Å². The Kier molecular flexibility index (Phi) is 3.51. The Bertz CT molecular complexity index is 839. The molecule has 0 bridgehead atoms. The van der Waals surface area contributed by atoms with Crippen LogP contribution in [0, 0.1) is 5.82 Å². The van der Waals surface area contributed by atoms with Crippen molar-refractivity contribution in [3.05, 3.63) is 64.1 Å². The maximum absolute atomic E-state index is 13.2. The Morgan fingerprint density at radius 3 is 2.71 bits per heavy atom. The van der Waals surface area contributed by atoms with E-state index in [9.17, 15) is 9.18 Å². The van der Waals surface area contributed by atoms with Crippen LogP contribution in [-0.2, 0) is 0 Å². The summed E-state index contributed by atoms with van der Waals surface area (Å²) in [6.07, 6.45) is 0. The van der Waals surface area contributed by atoms with Crippen molar-refractivity contribution in [2.24, 2.45) is 0 Å². The third kappa shape index (κ3) is 2.56. The van der Waals surface area contributed by atoms with Crippen LogP contribution in [0.25, 0.3) is 11.0 Å². The van der Waals surface area contributed by atoms with Crippen molar-refractivity contribution >= 4 is 32.7 Å². The molecule has 0 saturated heterocycles. The summed E-state index contributed by atoms with van der Waals surface area (Å²) in [5.41, 5.74) is 0.924. The van der Waals surface area contributed by atoms with E-state index in [4.69, 9.17) is 9.15 Å². The zero-order valence-corrected chi connectivity index (χ0v) is 12.6. The fourth-order valence-electron chi connectivity index (χ4n) is 2.03. The molecule has 0 aliphatic rings. The van der Waals surface area contributed by atoms with Crippen LogP contribution >= 0.6 is 15.9 Å². The van der Waals surface area contributed by atoms with E-state index in [1.54, 1.807) is 25.3 Å². The molecular formula is C16H10BrFO3. The number of carbonyl (C=O) groups is 1. The third-order valence-electron chi connectivity index (χ3n) is 3.13. The number of ketones is 1. The standard InChI is InChI=1S/C16H10BrFO3/c1-20-11-4-2-9-7-15(21-14(9)8-11)16(19)10-3-5-13(18)12(17)6-10/h2-8H,1H3. The number of rotatable bonds is 3. The van der Waals surface area contributed by atoms with Crippen LogP contribution in [0.3, 0.4) is 0 Å². The molecule has 2 aromatic carbocycles. The van der Waals surface area contributed by atoms with Crippen molar-refractivity contribution in [1.82, 2.24) is 0 Å². The Morgan fingerprint density at radius 2 is 2.00 bits per heavy atom. The average Bonchev–Trinajstić information content (AvgIpc) is 2.92. The highest BCUT2D eigenvalue weighted by Gasteiger charge is 2.16.